The summed E-state index contributed by atoms with van der Waals surface area (Å²) in [4.78, 5) is 12.7. The molecule has 1 fully saturated rings. The van der Waals surface area contributed by atoms with Crippen LogP contribution in [-0.4, -0.2) is 29.9 Å². The minimum Gasteiger partial charge on any atom is -0.341 e. The first kappa shape index (κ1) is 9.72. The van der Waals surface area contributed by atoms with E-state index in [0.29, 0.717) is 0 Å². The molecule has 0 aromatic rings. The fraction of sp³-hybridized carbons (Fsp3) is 0.833. The molecule has 0 aromatic carbocycles. The maximum absolute atomic E-state index is 10.9. The van der Waals surface area contributed by atoms with Crippen molar-refractivity contribution in [2.45, 2.75) is 19.4 Å². The summed E-state index contributed by atoms with van der Waals surface area (Å²) in [5.41, 5.74) is 5.36. The van der Waals surface area contributed by atoms with E-state index in [-0.39, 0.29) is 24.4 Å². The quantitative estimate of drug-likeness (QED) is 0.593. The third kappa shape index (κ3) is 1.85. The normalized spacial score (nSPS) is 18.8. The monoisotopic (exact) mass is 164 g/mol. The molecule has 4 heteroatoms. The Morgan fingerprint density at radius 1 is 1.60 bits per heavy atom. The van der Waals surface area contributed by atoms with Crippen LogP contribution in [0.3, 0.4) is 0 Å². The van der Waals surface area contributed by atoms with Gasteiger partial charge in [0.2, 0.25) is 5.91 Å². The van der Waals surface area contributed by atoms with Crippen LogP contribution < -0.4 is 5.73 Å². The van der Waals surface area contributed by atoms with Crippen LogP contribution in [0, 0.1) is 0 Å². The smallest absolute Gasteiger partial charge is 0.239 e. The van der Waals surface area contributed by atoms with E-state index >= 15 is 0 Å². The van der Waals surface area contributed by atoms with Crippen molar-refractivity contribution in [3.8, 4) is 0 Å². The van der Waals surface area contributed by atoms with E-state index in [1.165, 1.54) is 0 Å². The molecule has 60 valence electrons. The van der Waals surface area contributed by atoms with Crippen LogP contribution in [-0.2, 0) is 4.79 Å². The molecule has 1 aliphatic heterocycles. The van der Waals surface area contributed by atoms with Gasteiger partial charge in [0.05, 0.1) is 6.04 Å². The zero-order valence-corrected chi connectivity index (χ0v) is 6.86. The average molecular weight is 165 g/mol. The number of amides is 1. The van der Waals surface area contributed by atoms with Crippen molar-refractivity contribution in [2.75, 3.05) is 13.1 Å². The van der Waals surface area contributed by atoms with Crippen molar-refractivity contribution < 1.29 is 4.79 Å². The predicted molar refractivity (Wildman–Crippen MR) is 42.1 cm³/mol. The molecule has 0 radical (unpaired) electrons. The Kier molecular flexibility index (Phi) is 3.68. The van der Waals surface area contributed by atoms with Gasteiger partial charge >= 0.3 is 0 Å². The summed E-state index contributed by atoms with van der Waals surface area (Å²) in [6, 6.07) is -0.315. The van der Waals surface area contributed by atoms with Crippen molar-refractivity contribution in [2.24, 2.45) is 5.73 Å². The Labute approximate surface area is 67.0 Å². The average Bonchev–Trinajstić information content (AvgIpc) is 1.60. The van der Waals surface area contributed by atoms with Crippen molar-refractivity contribution in [3.05, 3.63) is 0 Å². The second-order valence-electron chi connectivity index (χ2n) is 2.47. The first-order valence-electron chi connectivity index (χ1n) is 3.26. The van der Waals surface area contributed by atoms with Gasteiger partial charge in [-0.05, 0) is 13.3 Å². The lowest BCUT2D eigenvalue weighted by atomic mass is 10.2. The van der Waals surface area contributed by atoms with Gasteiger partial charge in [-0.2, -0.15) is 0 Å². The first-order valence-corrected chi connectivity index (χ1v) is 3.26. The largest absolute Gasteiger partial charge is 0.341 e. The number of carbonyl (C=O) groups is 1. The molecule has 1 heterocycles. The lowest BCUT2D eigenvalue weighted by molar-refractivity contribution is -0.135. The molecule has 0 spiro atoms. The topological polar surface area (TPSA) is 46.3 Å². The summed E-state index contributed by atoms with van der Waals surface area (Å²) in [6.07, 6.45) is 1.14. The van der Waals surface area contributed by atoms with E-state index in [2.05, 4.69) is 0 Å². The second kappa shape index (κ2) is 3.78. The number of nitrogens with zero attached hydrogens (tertiary/aromatic N) is 1. The molecule has 10 heavy (non-hydrogen) atoms. The molecule has 0 aliphatic carbocycles. The van der Waals surface area contributed by atoms with Gasteiger partial charge < -0.3 is 10.6 Å². The zero-order chi connectivity index (χ0) is 6.85. The molecular weight excluding hydrogens is 152 g/mol. The maximum atomic E-state index is 10.9. The van der Waals surface area contributed by atoms with E-state index < -0.39 is 0 Å². The van der Waals surface area contributed by atoms with Crippen LogP contribution in [0.15, 0.2) is 0 Å². The summed E-state index contributed by atoms with van der Waals surface area (Å²) >= 11 is 0. The third-order valence-electron chi connectivity index (χ3n) is 1.56. The number of hydrogen-bond donors (Lipinski definition) is 1. The maximum Gasteiger partial charge on any atom is 0.239 e. The predicted octanol–water partition coefficient (Wildman–Crippen LogP) is -0.0123. The van der Waals surface area contributed by atoms with E-state index in [4.69, 9.17) is 5.73 Å². The number of hydrogen-bond acceptors (Lipinski definition) is 2. The fourth-order valence-corrected chi connectivity index (χ4v) is 0.825. The number of carbonyl (C=O) groups excluding carboxylic acids is 1. The van der Waals surface area contributed by atoms with E-state index in [9.17, 15) is 4.79 Å². The molecule has 1 saturated heterocycles. The highest BCUT2D eigenvalue weighted by Crippen LogP contribution is 2.06. The third-order valence-corrected chi connectivity index (χ3v) is 1.56. The van der Waals surface area contributed by atoms with E-state index in [1.54, 1.807) is 11.8 Å². The van der Waals surface area contributed by atoms with E-state index in [1.807, 2.05) is 0 Å². The van der Waals surface area contributed by atoms with Gasteiger partial charge in [0, 0.05) is 13.1 Å². The molecule has 1 rings (SSSR count). The molecule has 2 N–H and O–H groups in total. The molecule has 1 amide bonds. The molecule has 1 unspecified atom stereocenters. The number of nitrogens with two attached hydrogens (primary N) is 1. The highest BCUT2D eigenvalue weighted by atomic mass is 35.5. The number of halogens is 1. The molecular formula is C6H13ClN2O. The van der Waals surface area contributed by atoms with Gasteiger partial charge in [0.15, 0.2) is 0 Å². The first-order chi connectivity index (χ1) is 4.22. The van der Waals surface area contributed by atoms with Crippen LogP contribution >= 0.6 is 12.4 Å². The second-order valence-corrected chi connectivity index (χ2v) is 2.47. The van der Waals surface area contributed by atoms with Crippen LogP contribution in [0.2, 0.25) is 0 Å². The van der Waals surface area contributed by atoms with Crippen molar-refractivity contribution >= 4 is 18.3 Å². The van der Waals surface area contributed by atoms with Crippen LogP contribution in [0.25, 0.3) is 0 Å². The summed E-state index contributed by atoms with van der Waals surface area (Å²) in [7, 11) is 0. The lowest BCUT2D eigenvalue weighted by Gasteiger charge is -2.32. The minimum atomic E-state index is -0.315. The summed E-state index contributed by atoms with van der Waals surface area (Å²) in [5.74, 6) is 0.0845. The Hall–Kier alpha value is -0.280. The Morgan fingerprint density at radius 3 is 2.20 bits per heavy atom. The standard InChI is InChI=1S/C6H12N2O.ClH/c1-5(7)6(9)8-3-2-4-8;/h5H,2-4,7H2,1H3;1H. The van der Waals surface area contributed by atoms with Gasteiger partial charge in [-0.1, -0.05) is 0 Å². The highest BCUT2D eigenvalue weighted by molar-refractivity contribution is 5.85. The van der Waals surface area contributed by atoms with Crippen LogP contribution in [0.5, 0.6) is 0 Å². The Balaban J connectivity index is 0.000000810. The van der Waals surface area contributed by atoms with E-state index in [0.717, 1.165) is 19.5 Å². The van der Waals surface area contributed by atoms with Gasteiger partial charge in [-0.15, -0.1) is 12.4 Å². The van der Waals surface area contributed by atoms with Gasteiger partial charge in [0.25, 0.3) is 0 Å². The molecule has 1 atom stereocenters. The SMILES string of the molecule is CC(N)C(=O)N1CCC1.Cl. The van der Waals surface area contributed by atoms with Gasteiger partial charge in [-0.25, -0.2) is 0 Å². The Morgan fingerprint density at radius 2 is 2.10 bits per heavy atom. The zero-order valence-electron chi connectivity index (χ0n) is 6.04. The van der Waals surface area contributed by atoms with Crippen LogP contribution in [0.4, 0.5) is 0 Å². The summed E-state index contributed by atoms with van der Waals surface area (Å²) in [5, 5.41) is 0. The molecule has 1 aliphatic rings. The molecule has 0 aromatic heterocycles. The summed E-state index contributed by atoms with van der Waals surface area (Å²) < 4.78 is 0. The van der Waals surface area contributed by atoms with Gasteiger partial charge in [0.1, 0.15) is 0 Å². The molecule has 3 nitrogen and oxygen atoms in total. The summed E-state index contributed by atoms with van der Waals surface area (Å²) in [6.45, 7) is 3.53. The van der Waals surface area contributed by atoms with Crippen molar-refractivity contribution in [1.29, 1.82) is 0 Å². The number of likely N-dealkylation sites (tertiary alicyclic amines) is 1. The van der Waals surface area contributed by atoms with Crippen molar-refractivity contribution in [3.63, 3.8) is 0 Å². The Bertz CT molecular complexity index is 123. The van der Waals surface area contributed by atoms with Crippen LogP contribution in [0.1, 0.15) is 13.3 Å². The molecule has 0 bridgehead atoms. The van der Waals surface area contributed by atoms with Crippen molar-refractivity contribution in [1.82, 2.24) is 4.90 Å². The lowest BCUT2D eigenvalue weighted by Crippen LogP contribution is -2.48. The molecule has 0 saturated carbocycles. The fourth-order valence-electron chi connectivity index (χ4n) is 0.825. The van der Waals surface area contributed by atoms with Gasteiger partial charge in [-0.3, -0.25) is 4.79 Å². The highest BCUT2D eigenvalue weighted by Gasteiger charge is 2.22. The minimum absolute atomic E-state index is 0. The number of rotatable bonds is 1.